The summed E-state index contributed by atoms with van der Waals surface area (Å²) in [6.45, 7) is 3.50. The lowest BCUT2D eigenvalue weighted by atomic mass is 10.1. The highest BCUT2D eigenvalue weighted by atomic mass is 19.1. The molecule has 2 aromatic carbocycles. The Kier molecular flexibility index (Phi) is 6.18. The van der Waals surface area contributed by atoms with Crippen molar-refractivity contribution in [2.45, 2.75) is 32.4 Å². The van der Waals surface area contributed by atoms with Crippen LogP contribution in [0, 0.1) is 12.7 Å². The quantitative estimate of drug-likeness (QED) is 0.585. The molecule has 0 radical (unpaired) electrons. The minimum Gasteiger partial charge on any atom is -0.376 e. The topological polar surface area (TPSA) is 45.7 Å². The van der Waals surface area contributed by atoms with Crippen LogP contribution in [-0.2, 0) is 11.3 Å². The van der Waals surface area contributed by atoms with Crippen LogP contribution in [-0.4, -0.2) is 49.1 Å². The highest BCUT2D eigenvalue weighted by Gasteiger charge is 2.26. The van der Waals surface area contributed by atoms with Gasteiger partial charge in [-0.1, -0.05) is 30.3 Å². The fourth-order valence-corrected chi connectivity index (χ4v) is 4.15. The van der Waals surface area contributed by atoms with Crippen molar-refractivity contribution in [2.24, 2.45) is 0 Å². The Morgan fingerprint density at radius 2 is 2.00 bits per heavy atom. The number of fused-ring (bicyclic) bond motifs is 1. The Morgan fingerprint density at radius 1 is 1.19 bits per heavy atom. The summed E-state index contributed by atoms with van der Waals surface area (Å²) < 4.78 is 20.2. The molecule has 3 aromatic rings. The molecule has 6 heteroatoms. The first-order valence-electron chi connectivity index (χ1n) is 10.7. The number of hydrogen-bond acceptors (Lipinski definition) is 4. The normalized spacial score (nSPS) is 15.9. The highest BCUT2D eigenvalue weighted by molar-refractivity contribution is 5.94. The van der Waals surface area contributed by atoms with Gasteiger partial charge in [-0.15, -0.1) is 0 Å². The zero-order valence-corrected chi connectivity index (χ0v) is 18.3. The molecular formula is C25H28FN3O2. The molecule has 0 bridgehead atoms. The van der Waals surface area contributed by atoms with Crippen molar-refractivity contribution in [3.8, 4) is 0 Å². The van der Waals surface area contributed by atoms with Gasteiger partial charge in [0.25, 0.3) is 5.91 Å². The summed E-state index contributed by atoms with van der Waals surface area (Å²) in [6.07, 6.45) is 1.84. The molecule has 5 nitrogen and oxygen atoms in total. The highest BCUT2D eigenvalue weighted by Crippen LogP contribution is 2.27. The van der Waals surface area contributed by atoms with Crippen LogP contribution in [0.5, 0.6) is 0 Å². The van der Waals surface area contributed by atoms with Gasteiger partial charge in [0.2, 0.25) is 0 Å². The molecular weight excluding hydrogens is 393 g/mol. The number of ether oxygens (including phenoxy) is 1. The molecule has 2 heterocycles. The summed E-state index contributed by atoms with van der Waals surface area (Å²) in [6, 6.07) is 14.3. The molecule has 1 amide bonds. The molecule has 1 unspecified atom stereocenters. The summed E-state index contributed by atoms with van der Waals surface area (Å²) in [5, 5.41) is 1.02. The molecule has 1 aliphatic heterocycles. The van der Waals surface area contributed by atoms with Crippen molar-refractivity contribution < 1.29 is 13.9 Å². The second kappa shape index (κ2) is 9.02. The molecule has 0 N–H and O–H groups in total. The molecule has 31 heavy (non-hydrogen) atoms. The van der Waals surface area contributed by atoms with E-state index >= 15 is 0 Å². The third kappa shape index (κ3) is 4.54. The predicted octanol–water partition coefficient (Wildman–Crippen LogP) is 4.57. The van der Waals surface area contributed by atoms with Crippen LogP contribution in [0.4, 0.5) is 10.2 Å². The van der Waals surface area contributed by atoms with Crippen molar-refractivity contribution in [2.75, 3.05) is 32.1 Å². The number of aromatic nitrogens is 1. The van der Waals surface area contributed by atoms with Gasteiger partial charge in [-0.05, 0) is 43.5 Å². The van der Waals surface area contributed by atoms with Gasteiger partial charge in [-0.25, -0.2) is 9.37 Å². The fourth-order valence-electron chi connectivity index (χ4n) is 4.15. The van der Waals surface area contributed by atoms with Gasteiger partial charge in [-0.2, -0.15) is 0 Å². The number of anilines is 1. The van der Waals surface area contributed by atoms with E-state index in [-0.39, 0.29) is 17.6 Å². The van der Waals surface area contributed by atoms with E-state index in [0.717, 1.165) is 40.7 Å². The van der Waals surface area contributed by atoms with Crippen molar-refractivity contribution >= 4 is 22.6 Å². The van der Waals surface area contributed by atoms with E-state index in [9.17, 15) is 9.18 Å². The SMILES string of the molecule is Cc1cccc2cc(CN(CC3CCCO3)C(=O)c3ccccc3F)c(N(C)C)nc12. The molecule has 1 atom stereocenters. The smallest absolute Gasteiger partial charge is 0.257 e. The third-order valence-electron chi connectivity index (χ3n) is 5.73. The van der Waals surface area contributed by atoms with Gasteiger partial charge in [0.15, 0.2) is 0 Å². The maximum absolute atomic E-state index is 14.4. The number of amides is 1. The van der Waals surface area contributed by atoms with Crippen LogP contribution < -0.4 is 4.90 Å². The lowest BCUT2D eigenvalue weighted by Crippen LogP contribution is -2.37. The average molecular weight is 422 g/mol. The number of aryl methyl sites for hydroxylation is 1. The summed E-state index contributed by atoms with van der Waals surface area (Å²) >= 11 is 0. The van der Waals surface area contributed by atoms with Crippen molar-refractivity contribution in [3.05, 3.63) is 71.0 Å². The van der Waals surface area contributed by atoms with Gasteiger partial charge in [0.1, 0.15) is 11.6 Å². The Morgan fingerprint density at radius 3 is 2.71 bits per heavy atom. The largest absolute Gasteiger partial charge is 0.376 e. The number of hydrogen-bond donors (Lipinski definition) is 0. The summed E-state index contributed by atoms with van der Waals surface area (Å²) in [5.74, 6) is -0.0342. The fraction of sp³-hybridized carbons (Fsp3) is 0.360. The molecule has 1 saturated heterocycles. The van der Waals surface area contributed by atoms with E-state index in [2.05, 4.69) is 6.07 Å². The van der Waals surface area contributed by atoms with Crippen LogP contribution in [0.1, 0.15) is 34.3 Å². The van der Waals surface area contributed by atoms with E-state index in [4.69, 9.17) is 9.72 Å². The van der Waals surface area contributed by atoms with Crippen molar-refractivity contribution in [1.29, 1.82) is 0 Å². The Balaban J connectivity index is 1.73. The molecule has 162 valence electrons. The zero-order chi connectivity index (χ0) is 22.0. The molecule has 1 aromatic heterocycles. The number of carbonyl (C=O) groups is 1. The van der Waals surface area contributed by atoms with Crippen LogP contribution in [0.15, 0.2) is 48.5 Å². The van der Waals surface area contributed by atoms with Gasteiger partial charge in [0, 0.05) is 44.7 Å². The van der Waals surface area contributed by atoms with Gasteiger partial charge in [0.05, 0.1) is 17.2 Å². The van der Waals surface area contributed by atoms with E-state index in [1.54, 1.807) is 17.0 Å². The summed E-state index contributed by atoms with van der Waals surface area (Å²) in [5.41, 5.74) is 3.05. The van der Waals surface area contributed by atoms with E-state index in [1.807, 2.05) is 44.1 Å². The molecule has 1 aliphatic rings. The molecule has 0 spiro atoms. The number of benzene rings is 2. The first-order chi connectivity index (χ1) is 14.9. The molecule has 0 aliphatic carbocycles. The minimum atomic E-state index is -0.509. The number of nitrogens with zero attached hydrogens (tertiary/aromatic N) is 3. The molecule has 1 fully saturated rings. The van der Waals surface area contributed by atoms with Gasteiger partial charge >= 0.3 is 0 Å². The molecule has 4 rings (SSSR count). The number of halogens is 1. The zero-order valence-electron chi connectivity index (χ0n) is 18.3. The van der Waals surface area contributed by atoms with E-state index < -0.39 is 5.82 Å². The van der Waals surface area contributed by atoms with Gasteiger partial charge < -0.3 is 14.5 Å². The van der Waals surface area contributed by atoms with Crippen LogP contribution in [0.25, 0.3) is 10.9 Å². The lowest BCUT2D eigenvalue weighted by Gasteiger charge is -2.28. The van der Waals surface area contributed by atoms with Crippen molar-refractivity contribution in [1.82, 2.24) is 9.88 Å². The van der Waals surface area contributed by atoms with E-state index in [0.29, 0.717) is 19.7 Å². The predicted molar refractivity (Wildman–Crippen MR) is 121 cm³/mol. The maximum atomic E-state index is 14.4. The standard InChI is InChI=1S/C25H28FN3O2/c1-17-8-6-9-18-14-19(24(28(2)3)27-23(17)18)15-29(16-20-10-7-13-31-20)25(30)21-11-4-5-12-22(21)26/h4-6,8-9,11-12,14,20H,7,10,13,15-16H2,1-3H3. The second-order valence-corrected chi connectivity index (χ2v) is 8.31. The lowest BCUT2D eigenvalue weighted by molar-refractivity contribution is 0.0504. The number of carbonyl (C=O) groups excluding carboxylic acids is 1. The first-order valence-corrected chi connectivity index (χ1v) is 10.7. The monoisotopic (exact) mass is 421 g/mol. The summed E-state index contributed by atoms with van der Waals surface area (Å²) in [4.78, 5) is 21.9. The Bertz CT molecular complexity index is 1090. The number of para-hydroxylation sites is 1. The van der Waals surface area contributed by atoms with Gasteiger partial charge in [-0.3, -0.25) is 4.79 Å². The first kappa shape index (κ1) is 21.2. The van der Waals surface area contributed by atoms with E-state index in [1.165, 1.54) is 12.1 Å². The van der Waals surface area contributed by atoms with Crippen LogP contribution in [0.3, 0.4) is 0 Å². The van der Waals surface area contributed by atoms with Crippen LogP contribution >= 0.6 is 0 Å². The second-order valence-electron chi connectivity index (χ2n) is 8.31. The number of rotatable bonds is 6. The third-order valence-corrected chi connectivity index (χ3v) is 5.73. The van der Waals surface area contributed by atoms with Crippen molar-refractivity contribution in [3.63, 3.8) is 0 Å². The summed E-state index contributed by atoms with van der Waals surface area (Å²) in [7, 11) is 3.89. The average Bonchev–Trinajstić information content (AvgIpc) is 3.26. The number of pyridine rings is 1. The Labute approximate surface area is 182 Å². The minimum absolute atomic E-state index is 0.0332. The Hall–Kier alpha value is -2.99. The van der Waals surface area contributed by atoms with Crippen LogP contribution in [0.2, 0.25) is 0 Å². The maximum Gasteiger partial charge on any atom is 0.257 e. The molecule has 0 saturated carbocycles.